The first-order valence-corrected chi connectivity index (χ1v) is 5.56. The summed E-state index contributed by atoms with van der Waals surface area (Å²) in [5.74, 6) is 0.00254. The number of carbonyl (C=O) groups excluding carboxylic acids is 1. The summed E-state index contributed by atoms with van der Waals surface area (Å²) in [6.07, 6.45) is -0.504. The van der Waals surface area contributed by atoms with Crippen LogP contribution in [0.5, 0.6) is 0 Å². The number of hydrogen-bond donors (Lipinski definition) is 1. The van der Waals surface area contributed by atoms with Crippen LogP contribution in [0.15, 0.2) is 54.6 Å². The van der Waals surface area contributed by atoms with Gasteiger partial charge in [0.25, 0.3) is 0 Å². The van der Waals surface area contributed by atoms with Gasteiger partial charge in [0.15, 0.2) is 5.78 Å². The fraction of sp³-hybridized carbons (Fsp3) is 0.133. The SMILES string of the molecule is C[C@@H](O)c1ccc(C(=O)c2ccccc2)cc1. The molecule has 1 N–H and O–H groups in total. The second kappa shape index (κ2) is 4.93. The molecule has 2 aromatic rings. The van der Waals surface area contributed by atoms with Crippen LogP contribution in [-0.4, -0.2) is 10.9 Å². The van der Waals surface area contributed by atoms with Crippen LogP contribution < -0.4 is 0 Å². The molecule has 0 fully saturated rings. The molecule has 0 amide bonds. The summed E-state index contributed by atoms with van der Waals surface area (Å²) in [4.78, 5) is 12.1. The molecule has 0 aliphatic carbocycles. The third-order valence-corrected chi connectivity index (χ3v) is 2.69. The van der Waals surface area contributed by atoms with Crippen molar-refractivity contribution < 1.29 is 9.90 Å². The van der Waals surface area contributed by atoms with Gasteiger partial charge >= 0.3 is 0 Å². The van der Waals surface area contributed by atoms with Gasteiger partial charge in [-0.3, -0.25) is 4.79 Å². The zero-order valence-electron chi connectivity index (χ0n) is 9.63. The lowest BCUT2D eigenvalue weighted by molar-refractivity contribution is 0.103. The second-order valence-corrected chi connectivity index (χ2v) is 3.99. The molecule has 1 atom stereocenters. The van der Waals surface area contributed by atoms with E-state index in [1.807, 2.05) is 18.2 Å². The quantitative estimate of drug-likeness (QED) is 0.817. The van der Waals surface area contributed by atoms with E-state index in [9.17, 15) is 9.90 Å². The normalized spacial score (nSPS) is 12.1. The van der Waals surface area contributed by atoms with Gasteiger partial charge in [-0.05, 0) is 12.5 Å². The molecule has 2 aromatic carbocycles. The number of aliphatic hydroxyl groups excluding tert-OH is 1. The molecule has 86 valence electrons. The monoisotopic (exact) mass is 226 g/mol. The highest BCUT2D eigenvalue weighted by atomic mass is 16.3. The highest BCUT2D eigenvalue weighted by molar-refractivity contribution is 6.08. The summed E-state index contributed by atoms with van der Waals surface area (Å²) in [5, 5.41) is 9.39. The molecular weight excluding hydrogens is 212 g/mol. The third-order valence-electron chi connectivity index (χ3n) is 2.69. The molecule has 0 spiro atoms. The number of carbonyl (C=O) groups is 1. The molecule has 0 bridgehead atoms. The van der Waals surface area contributed by atoms with E-state index in [-0.39, 0.29) is 5.78 Å². The Kier molecular flexibility index (Phi) is 3.35. The van der Waals surface area contributed by atoms with Gasteiger partial charge in [-0.25, -0.2) is 0 Å². The van der Waals surface area contributed by atoms with Gasteiger partial charge in [-0.15, -0.1) is 0 Å². The van der Waals surface area contributed by atoms with Gasteiger partial charge in [0.2, 0.25) is 0 Å². The molecular formula is C15H14O2. The molecule has 17 heavy (non-hydrogen) atoms. The summed E-state index contributed by atoms with van der Waals surface area (Å²) < 4.78 is 0. The number of ketones is 1. The van der Waals surface area contributed by atoms with E-state index in [0.717, 1.165) is 5.56 Å². The minimum Gasteiger partial charge on any atom is -0.389 e. The van der Waals surface area contributed by atoms with Crippen LogP contribution in [0, 0.1) is 0 Å². The Morgan fingerprint density at radius 2 is 1.47 bits per heavy atom. The number of benzene rings is 2. The van der Waals surface area contributed by atoms with Crippen LogP contribution in [0.3, 0.4) is 0 Å². The number of aliphatic hydroxyl groups is 1. The Bertz CT molecular complexity index is 498. The van der Waals surface area contributed by atoms with E-state index < -0.39 is 6.10 Å². The van der Waals surface area contributed by atoms with E-state index in [2.05, 4.69) is 0 Å². The Morgan fingerprint density at radius 1 is 0.941 bits per heavy atom. The van der Waals surface area contributed by atoms with Crippen molar-refractivity contribution in [3.8, 4) is 0 Å². The van der Waals surface area contributed by atoms with E-state index in [1.165, 1.54) is 0 Å². The molecule has 0 unspecified atom stereocenters. The minimum absolute atomic E-state index is 0.00254. The molecule has 0 heterocycles. The molecule has 0 aliphatic heterocycles. The van der Waals surface area contributed by atoms with Crippen LogP contribution in [0.1, 0.15) is 34.5 Å². The fourth-order valence-corrected chi connectivity index (χ4v) is 1.67. The summed E-state index contributed by atoms with van der Waals surface area (Å²) in [7, 11) is 0. The molecule has 2 rings (SSSR count). The summed E-state index contributed by atoms with van der Waals surface area (Å²) >= 11 is 0. The van der Waals surface area contributed by atoms with Gasteiger partial charge in [-0.2, -0.15) is 0 Å². The highest BCUT2D eigenvalue weighted by Gasteiger charge is 2.08. The van der Waals surface area contributed by atoms with Gasteiger partial charge < -0.3 is 5.11 Å². The average Bonchev–Trinajstić information content (AvgIpc) is 2.39. The van der Waals surface area contributed by atoms with Gasteiger partial charge in [0, 0.05) is 11.1 Å². The second-order valence-electron chi connectivity index (χ2n) is 3.99. The maximum absolute atomic E-state index is 12.1. The smallest absolute Gasteiger partial charge is 0.193 e. The van der Waals surface area contributed by atoms with Crippen molar-refractivity contribution in [2.45, 2.75) is 13.0 Å². The highest BCUT2D eigenvalue weighted by Crippen LogP contribution is 2.15. The first-order chi connectivity index (χ1) is 8.18. The van der Waals surface area contributed by atoms with Crippen molar-refractivity contribution in [2.75, 3.05) is 0 Å². The van der Waals surface area contributed by atoms with Gasteiger partial charge in [0.05, 0.1) is 6.10 Å². The lowest BCUT2D eigenvalue weighted by atomic mass is 10.0. The number of hydrogen-bond acceptors (Lipinski definition) is 2. The van der Waals surface area contributed by atoms with E-state index >= 15 is 0 Å². The molecule has 0 saturated carbocycles. The third kappa shape index (κ3) is 2.60. The predicted octanol–water partition coefficient (Wildman–Crippen LogP) is 2.97. The van der Waals surface area contributed by atoms with Crippen molar-refractivity contribution in [3.63, 3.8) is 0 Å². The van der Waals surface area contributed by atoms with E-state index in [0.29, 0.717) is 11.1 Å². The topological polar surface area (TPSA) is 37.3 Å². The molecule has 2 nitrogen and oxygen atoms in total. The predicted molar refractivity (Wildman–Crippen MR) is 67.0 cm³/mol. The van der Waals surface area contributed by atoms with Crippen LogP contribution in [0.2, 0.25) is 0 Å². The Hall–Kier alpha value is -1.93. The van der Waals surface area contributed by atoms with Crippen LogP contribution in [0.25, 0.3) is 0 Å². The largest absolute Gasteiger partial charge is 0.389 e. The van der Waals surface area contributed by atoms with Crippen molar-refractivity contribution in [1.29, 1.82) is 0 Å². The zero-order chi connectivity index (χ0) is 12.3. The molecule has 0 radical (unpaired) electrons. The van der Waals surface area contributed by atoms with Crippen molar-refractivity contribution in [2.24, 2.45) is 0 Å². The van der Waals surface area contributed by atoms with Crippen molar-refractivity contribution in [3.05, 3.63) is 71.3 Å². The fourth-order valence-electron chi connectivity index (χ4n) is 1.67. The van der Waals surface area contributed by atoms with E-state index in [1.54, 1.807) is 43.3 Å². The summed E-state index contributed by atoms with van der Waals surface area (Å²) in [6.45, 7) is 1.70. The summed E-state index contributed by atoms with van der Waals surface area (Å²) in [6, 6.07) is 16.2. The van der Waals surface area contributed by atoms with Crippen molar-refractivity contribution in [1.82, 2.24) is 0 Å². The molecule has 2 heteroatoms. The maximum Gasteiger partial charge on any atom is 0.193 e. The van der Waals surface area contributed by atoms with Gasteiger partial charge in [-0.1, -0.05) is 54.6 Å². The molecule has 0 aromatic heterocycles. The Balaban J connectivity index is 2.27. The molecule has 0 saturated heterocycles. The lowest BCUT2D eigenvalue weighted by Crippen LogP contribution is -2.01. The standard InChI is InChI=1S/C15H14O2/c1-11(16)12-7-9-14(10-8-12)15(17)13-5-3-2-4-6-13/h2-11,16H,1H3/t11-/m1/s1. The average molecular weight is 226 g/mol. The van der Waals surface area contributed by atoms with Crippen LogP contribution in [-0.2, 0) is 0 Å². The van der Waals surface area contributed by atoms with Gasteiger partial charge in [0.1, 0.15) is 0 Å². The lowest BCUT2D eigenvalue weighted by Gasteiger charge is -2.05. The first-order valence-electron chi connectivity index (χ1n) is 5.56. The first kappa shape index (κ1) is 11.6. The van der Waals surface area contributed by atoms with Crippen molar-refractivity contribution >= 4 is 5.78 Å². The maximum atomic E-state index is 12.1. The number of rotatable bonds is 3. The van der Waals surface area contributed by atoms with Crippen LogP contribution >= 0.6 is 0 Å². The zero-order valence-corrected chi connectivity index (χ0v) is 9.63. The Morgan fingerprint density at radius 3 is 2.00 bits per heavy atom. The molecule has 0 aliphatic rings. The van der Waals surface area contributed by atoms with E-state index in [4.69, 9.17) is 0 Å². The minimum atomic E-state index is -0.504. The summed E-state index contributed by atoms with van der Waals surface area (Å²) in [5.41, 5.74) is 2.13. The Labute approximate surface area is 101 Å². The van der Waals surface area contributed by atoms with Crippen LogP contribution in [0.4, 0.5) is 0 Å².